The number of hydrogen-bond acceptors (Lipinski definition) is 4. The first kappa shape index (κ1) is 18.8. The Balaban J connectivity index is 1.56. The van der Waals surface area contributed by atoms with E-state index in [0.29, 0.717) is 16.5 Å². The Morgan fingerprint density at radius 3 is 2.59 bits per heavy atom. The fraction of sp³-hybridized carbons (Fsp3) is 0.0455. The minimum atomic E-state index is -0.330. The largest absolute Gasteiger partial charge is 0.340 e. The van der Waals surface area contributed by atoms with Crippen molar-refractivity contribution in [3.05, 3.63) is 89.5 Å². The average Bonchev–Trinajstić information content (AvgIpc) is 2.70. The number of rotatable bonds is 5. The molecule has 144 valence electrons. The zero-order valence-electron chi connectivity index (χ0n) is 15.2. The van der Waals surface area contributed by atoms with Crippen molar-refractivity contribution in [3.63, 3.8) is 0 Å². The normalized spacial score (nSPS) is 10.7. The number of amides is 1. The van der Waals surface area contributed by atoms with Gasteiger partial charge >= 0.3 is 0 Å². The van der Waals surface area contributed by atoms with Crippen molar-refractivity contribution in [2.45, 2.75) is 6.42 Å². The van der Waals surface area contributed by atoms with Crippen LogP contribution < -0.4 is 10.6 Å². The molecule has 0 saturated carbocycles. The first-order chi connectivity index (χ1) is 14.1. The minimum Gasteiger partial charge on any atom is -0.340 e. The highest BCUT2D eigenvalue weighted by Gasteiger charge is 2.09. The van der Waals surface area contributed by atoms with E-state index >= 15 is 0 Å². The van der Waals surface area contributed by atoms with Crippen molar-refractivity contribution in [3.8, 4) is 0 Å². The molecule has 5 nitrogen and oxygen atoms in total. The molecular weight excluding hydrogens is 391 g/mol. The van der Waals surface area contributed by atoms with E-state index in [-0.39, 0.29) is 18.1 Å². The van der Waals surface area contributed by atoms with Gasteiger partial charge in [-0.3, -0.25) is 4.79 Å². The molecule has 4 rings (SSSR count). The lowest BCUT2D eigenvalue weighted by molar-refractivity contribution is -0.115. The van der Waals surface area contributed by atoms with Crippen molar-refractivity contribution in [2.75, 3.05) is 10.6 Å². The average molecular weight is 407 g/mol. The molecule has 0 atom stereocenters. The summed E-state index contributed by atoms with van der Waals surface area (Å²) in [5.74, 6) is 0.0764. The van der Waals surface area contributed by atoms with Gasteiger partial charge in [-0.1, -0.05) is 29.8 Å². The van der Waals surface area contributed by atoms with Crippen LogP contribution in [0, 0.1) is 5.82 Å². The maximum atomic E-state index is 13.0. The first-order valence-electron chi connectivity index (χ1n) is 8.88. The van der Waals surface area contributed by atoms with Gasteiger partial charge in [0.2, 0.25) is 5.91 Å². The third kappa shape index (κ3) is 4.67. The van der Waals surface area contributed by atoms with E-state index in [1.165, 1.54) is 18.5 Å². The summed E-state index contributed by atoms with van der Waals surface area (Å²) in [6.45, 7) is 0. The molecule has 0 spiro atoms. The smallest absolute Gasteiger partial charge is 0.228 e. The number of nitrogens with zero attached hydrogens (tertiary/aromatic N) is 2. The van der Waals surface area contributed by atoms with E-state index in [1.807, 2.05) is 24.3 Å². The minimum absolute atomic E-state index is 0.150. The van der Waals surface area contributed by atoms with E-state index in [9.17, 15) is 9.18 Å². The molecule has 0 bridgehead atoms. The van der Waals surface area contributed by atoms with Crippen LogP contribution in [0.4, 0.5) is 21.6 Å². The summed E-state index contributed by atoms with van der Waals surface area (Å²) in [6, 6.07) is 18.6. The Morgan fingerprint density at radius 1 is 0.966 bits per heavy atom. The zero-order chi connectivity index (χ0) is 20.2. The van der Waals surface area contributed by atoms with E-state index in [0.717, 1.165) is 22.2 Å². The lowest BCUT2D eigenvalue weighted by Gasteiger charge is -2.11. The van der Waals surface area contributed by atoms with Gasteiger partial charge in [0.1, 0.15) is 18.0 Å². The number of aromatic nitrogens is 2. The van der Waals surface area contributed by atoms with Gasteiger partial charge in [-0.05, 0) is 54.1 Å². The summed E-state index contributed by atoms with van der Waals surface area (Å²) in [7, 11) is 0. The number of benzene rings is 3. The topological polar surface area (TPSA) is 66.9 Å². The van der Waals surface area contributed by atoms with Crippen molar-refractivity contribution >= 4 is 45.6 Å². The molecule has 3 aromatic carbocycles. The molecule has 0 unspecified atom stereocenters. The van der Waals surface area contributed by atoms with Crippen LogP contribution in [0.25, 0.3) is 10.9 Å². The third-order valence-electron chi connectivity index (χ3n) is 4.28. The number of carbonyl (C=O) groups is 1. The quantitative estimate of drug-likeness (QED) is 0.469. The van der Waals surface area contributed by atoms with Crippen LogP contribution in [0.1, 0.15) is 5.56 Å². The maximum absolute atomic E-state index is 13.0. The zero-order valence-corrected chi connectivity index (χ0v) is 15.9. The summed E-state index contributed by atoms with van der Waals surface area (Å²) in [5.41, 5.74) is 2.88. The van der Waals surface area contributed by atoms with Crippen LogP contribution >= 0.6 is 11.6 Å². The van der Waals surface area contributed by atoms with Crippen LogP contribution in [-0.4, -0.2) is 15.9 Å². The van der Waals surface area contributed by atoms with Crippen LogP contribution in [0.15, 0.2) is 73.1 Å². The third-order valence-corrected chi connectivity index (χ3v) is 4.52. The van der Waals surface area contributed by atoms with Gasteiger partial charge in [0.25, 0.3) is 0 Å². The molecule has 0 aliphatic heterocycles. The van der Waals surface area contributed by atoms with Gasteiger partial charge < -0.3 is 10.6 Å². The molecule has 4 aromatic rings. The molecule has 1 aromatic heterocycles. The summed E-state index contributed by atoms with van der Waals surface area (Å²) < 4.78 is 13.0. The predicted octanol–water partition coefficient (Wildman–Crippen LogP) is 5.35. The Morgan fingerprint density at radius 2 is 1.79 bits per heavy atom. The van der Waals surface area contributed by atoms with Crippen molar-refractivity contribution in [1.29, 1.82) is 0 Å². The van der Waals surface area contributed by atoms with Gasteiger partial charge in [-0.25, -0.2) is 14.4 Å². The summed E-state index contributed by atoms with van der Waals surface area (Å²) >= 11 is 6.05. The molecule has 1 heterocycles. The molecule has 1 amide bonds. The van der Waals surface area contributed by atoms with E-state index in [4.69, 9.17) is 11.6 Å². The second-order valence-corrected chi connectivity index (χ2v) is 6.88. The Bertz CT molecular complexity index is 1180. The second-order valence-electron chi connectivity index (χ2n) is 6.44. The second kappa shape index (κ2) is 8.24. The highest BCUT2D eigenvalue weighted by molar-refractivity contribution is 6.30. The molecule has 0 fully saturated rings. The van der Waals surface area contributed by atoms with Gasteiger partial charge in [0, 0.05) is 21.8 Å². The van der Waals surface area contributed by atoms with Crippen molar-refractivity contribution in [2.24, 2.45) is 0 Å². The molecule has 29 heavy (non-hydrogen) atoms. The van der Waals surface area contributed by atoms with E-state index < -0.39 is 0 Å². The van der Waals surface area contributed by atoms with Gasteiger partial charge in [0.05, 0.1) is 11.9 Å². The molecule has 7 heteroatoms. The molecule has 0 aliphatic carbocycles. The number of hydrogen-bond donors (Lipinski definition) is 2. The highest BCUT2D eigenvalue weighted by Crippen LogP contribution is 2.27. The van der Waals surface area contributed by atoms with Crippen LogP contribution in [0.3, 0.4) is 0 Å². The van der Waals surface area contributed by atoms with Gasteiger partial charge in [0.15, 0.2) is 0 Å². The standard InChI is InChI=1S/C22H16ClFN4O/c23-15-2-1-3-17(11-15)28-22-19-12-18(8-9-20(19)25-13-26-22)27-21(29)10-14-4-6-16(24)7-5-14/h1-9,11-13H,10H2,(H,27,29)(H,25,26,28). The molecule has 0 radical (unpaired) electrons. The molecule has 0 saturated heterocycles. The van der Waals surface area contributed by atoms with Crippen LogP contribution in [-0.2, 0) is 11.2 Å². The Kier molecular flexibility index (Phi) is 5.35. The van der Waals surface area contributed by atoms with Crippen LogP contribution in [0.2, 0.25) is 5.02 Å². The van der Waals surface area contributed by atoms with E-state index in [2.05, 4.69) is 20.6 Å². The monoisotopic (exact) mass is 406 g/mol. The number of halogens is 2. The highest BCUT2D eigenvalue weighted by atomic mass is 35.5. The number of nitrogens with one attached hydrogen (secondary N) is 2. The SMILES string of the molecule is O=C(Cc1ccc(F)cc1)Nc1ccc2ncnc(Nc3cccc(Cl)c3)c2c1. The molecular formula is C22H16ClFN4O. The molecule has 2 N–H and O–H groups in total. The summed E-state index contributed by atoms with van der Waals surface area (Å²) in [5, 5.41) is 7.46. The van der Waals surface area contributed by atoms with E-state index in [1.54, 1.807) is 30.3 Å². The number of anilines is 3. The Hall–Kier alpha value is -3.51. The fourth-order valence-electron chi connectivity index (χ4n) is 2.93. The van der Waals surface area contributed by atoms with Gasteiger partial charge in [-0.2, -0.15) is 0 Å². The van der Waals surface area contributed by atoms with Crippen LogP contribution in [0.5, 0.6) is 0 Å². The number of carbonyl (C=O) groups excluding carboxylic acids is 1. The lowest BCUT2D eigenvalue weighted by Crippen LogP contribution is -2.14. The maximum Gasteiger partial charge on any atom is 0.228 e. The van der Waals surface area contributed by atoms with Crippen molar-refractivity contribution < 1.29 is 9.18 Å². The molecule has 0 aliphatic rings. The fourth-order valence-corrected chi connectivity index (χ4v) is 3.12. The Labute approximate surface area is 171 Å². The lowest BCUT2D eigenvalue weighted by atomic mass is 10.1. The summed E-state index contributed by atoms with van der Waals surface area (Å²) in [6.07, 6.45) is 1.62. The van der Waals surface area contributed by atoms with Gasteiger partial charge in [-0.15, -0.1) is 0 Å². The first-order valence-corrected chi connectivity index (χ1v) is 9.26. The summed E-state index contributed by atoms with van der Waals surface area (Å²) in [4.78, 5) is 20.9. The number of fused-ring (bicyclic) bond motifs is 1. The predicted molar refractivity (Wildman–Crippen MR) is 113 cm³/mol. The van der Waals surface area contributed by atoms with Crippen molar-refractivity contribution in [1.82, 2.24) is 9.97 Å².